The minimum absolute atomic E-state index is 0.149. The number of hydrogen-bond acceptors (Lipinski definition) is 3. The highest BCUT2D eigenvalue weighted by Gasteiger charge is 2.19. The molecule has 0 saturated carbocycles. The van der Waals surface area contributed by atoms with E-state index in [0.29, 0.717) is 13.1 Å². The minimum Gasteiger partial charge on any atom is -0.345 e. The molecule has 0 spiro atoms. The van der Waals surface area contributed by atoms with Gasteiger partial charge in [-0.3, -0.25) is 9.69 Å². The standard InChI is InChI=1S/C16H19FN4O/c1-19-8-2-9-20(12-16(19)22)11-14-7-10-21(18-14)15-5-3-13(17)4-6-15/h3-7,10H,2,8-9,11-12H2,1H3. The molecule has 5 nitrogen and oxygen atoms in total. The van der Waals surface area contributed by atoms with Crippen LogP contribution in [0.1, 0.15) is 12.1 Å². The van der Waals surface area contributed by atoms with Crippen molar-refractivity contribution in [1.82, 2.24) is 19.6 Å². The van der Waals surface area contributed by atoms with Crippen LogP contribution in [0.25, 0.3) is 5.69 Å². The predicted octanol–water partition coefficient (Wildman–Crippen LogP) is 1.68. The molecule has 0 unspecified atom stereocenters. The number of benzene rings is 1. The maximum atomic E-state index is 13.0. The summed E-state index contributed by atoms with van der Waals surface area (Å²) in [4.78, 5) is 15.8. The molecule has 3 rings (SSSR count). The Morgan fingerprint density at radius 3 is 2.73 bits per heavy atom. The van der Waals surface area contributed by atoms with E-state index in [1.165, 1.54) is 12.1 Å². The fourth-order valence-corrected chi connectivity index (χ4v) is 2.59. The zero-order valence-corrected chi connectivity index (χ0v) is 12.6. The van der Waals surface area contributed by atoms with Gasteiger partial charge in [-0.15, -0.1) is 0 Å². The topological polar surface area (TPSA) is 41.4 Å². The smallest absolute Gasteiger partial charge is 0.236 e. The molecule has 2 heterocycles. The summed E-state index contributed by atoms with van der Waals surface area (Å²) >= 11 is 0. The Bertz CT molecular complexity index is 652. The third kappa shape index (κ3) is 3.33. The molecule has 1 aliphatic heterocycles. The van der Waals surface area contributed by atoms with Gasteiger partial charge in [-0.05, 0) is 36.8 Å². The van der Waals surface area contributed by atoms with Crippen LogP contribution in [0.15, 0.2) is 36.5 Å². The average Bonchev–Trinajstić information content (AvgIpc) is 2.89. The molecule has 1 saturated heterocycles. The lowest BCUT2D eigenvalue weighted by Crippen LogP contribution is -2.34. The number of rotatable bonds is 3. The number of likely N-dealkylation sites (N-methyl/N-ethyl adjacent to an activating group) is 1. The van der Waals surface area contributed by atoms with E-state index >= 15 is 0 Å². The van der Waals surface area contributed by atoms with Gasteiger partial charge in [-0.1, -0.05) is 0 Å². The molecule has 0 bridgehead atoms. The largest absolute Gasteiger partial charge is 0.345 e. The summed E-state index contributed by atoms with van der Waals surface area (Å²) in [6, 6.07) is 8.15. The second-order valence-electron chi connectivity index (χ2n) is 5.61. The third-order valence-corrected chi connectivity index (χ3v) is 3.87. The molecule has 22 heavy (non-hydrogen) atoms. The van der Waals surface area contributed by atoms with E-state index in [9.17, 15) is 9.18 Å². The normalized spacial score (nSPS) is 16.8. The first-order valence-corrected chi connectivity index (χ1v) is 7.38. The Kier molecular flexibility index (Phi) is 4.20. The molecule has 0 atom stereocenters. The lowest BCUT2D eigenvalue weighted by Gasteiger charge is -2.17. The van der Waals surface area contributed by atoms with Gasteiger partial charge >= 0.3 is 0 Å². The third-order valence-electron chi connectivity index (χ3n) is 3.87. The first-order chi connectivity index (χ1) is 10.6. The highest BCUT2D eigenvalue weighted by Crippen LogP contribution is 2.11. The summed E-state index contributed by atoms with van der Waals surface area (Å²) in [5.41, 5.74) is 1.72. The van der Waals surface area contributed by atoms with Crippen molar-refractivity contribution in [2.75, 3.05) is 26.7 Å². The van der Waals surface area contributed by atoms with Crippen molar-refractivity contribution >= 4 is 5.91 Å². The number of aromatic nitrogens is 2. The summed E-state index contributed by atoms with van der Waals surface area (Å²) in [6.07, 6.45) is 2.83. The second kappa shape index (κ2) is 6.27. The highest BCUT2D eigenvalue weighted by atomic mass is 19.1. The predicted molar refractivity (Wildman–Crippen MR) is 81.1 cm³/mol. The fourth-order valence-electron chi connectivity index (χ4n) is 2.59. The molecule has 0 aliphatic carbocycles. The van der Waals surface area contributed by atoms with Crippen LogP contribution in [0.3, 0.4) is 0 Å². The van der Waals surface area contributed by atoms with Crippen molar-refractivity contribution < 1.29 is 9.18 Å². The van der Waals surface area contributed by atoms with Crippen LogP contribution in [0.5, 0.6) is 0 Å². The zero-order valence-electron chi connectivity index (χ0n) is 12.6. The van der Waals surface area contributed by atoms with Gasteiger partial charge in [0, 0.05) is 32.9 Å². The van der Waals surface area contributed by atoms with E-state index in [1.807, 2.05) is 19.3 Å². The van der Waals surface area contributed by atoms with Crippen LogP contribution in [-0.2, 0) is 11.3 Å². The Hall–Kier alpha value is -2.21. The molecule has 1 amide bonds. The van der Waals surface area contributed by atoms with Crippen molar-refractivity contribution in [2.24, 2.45) is 0 Å². The Morgan fingerprint density at radius 1 is 1.18 bits per heavy atom. The highest BCUT2D eigenvalue weighted by molar-refractivity contribution is 5.78. The number of halogens is 1. The minimum atomic E-state index is -0.261. The van der Waals surface area contributed by atoms with E-state index in [0.717, 1.165) is 30.9 Å². The summed E-state index contributed by atoms with van der Waals surface area (Å²) in [7, 11) is 1.84. The summed E-state index contributed by atoms with van der Waals surface area (Å²) in [5.74, 6) is -0.112. The molecule has 0 radical (unpaired) electrons. The molecule has 6 heteroatoms. The molecule has 116 valence electrons. The molecule has 1 aromatic heterocycles. The molecule has 2 aromatic rings. The lowest BCUT2D eigenvalue weighted by atomic mass is 10.3. The van der Waals surface area contributed by atoms with Crippen molar-refractivity contribution in [3.8, 4) is 5.69 Å². The SMILES string of the molecule is CN1CCCN(Cc2ccn(-c3ccc(F)cc3)n2)CC1=O. The van der Waals surface area contributed by atoms with Gasteiger partial charge < -0.3 is 4.90 Å². The van der Waals surface area contributed by atoms with Gasteiger partial charge in [0.25, 0.3) is 0 Å². The van der Waals surface area contributed by atoms with E-state index in [1.54, 1.807) is 21.7 Å². The zero-order chi connectivity index (χ0) is 15.5. The van der Waals surface area contributed by atoms with Crippen molar-refractivity contribution in [3.05, 3.63) is 48.0 Å². The van der Waals surface area contributed by atoms with Gasteiger partial charge in [-0.2, -0.15) is 5.10 Å². The van der Waals surface area contributed by atoms with Crippen molar-refractivity contribution in [3.63, 3.8) is 0 Å². The molecule has 1 aromatic carbocycles. The maximum Gasteiger partial charge on any atom is 0.236 e. The summed E-state index contributed by atoms with van der Waals surface area (Å²) in [6.45, 7) is 2.77. The van der Waals surface area contributed by atoms with Crippen LogP contribution < -0.4 is 0 Å². The van der Waals surface area contributed by atoms with E-state index in [-0.39, 0.29) is 11.7 Å². The Morgan fingerprint density at radius 2 is 1.95 bits per heavy atom. The molecule has 1 fully saturated rings. The number of carbonyl (C=O) groups is 1. The maximum absolute atomic E-state index is 13.0. The Labute approximate surface area is 128 Å². The number of amides is 1. The first kappa shape index (κ1) is 14.7. The molecule has 1 aliphatic rings. The number of nitrogens with zero attached hydrogens (tertiary/aromatic N) is 4. The Balaban J connectivity index is 1.69. The second-order valence-corrected chi connectivity index (χ2v) is 5.61. The van der Waals surface area contributed by atoms with Gasteiger partial charge in [0.05, 0.1) is 17.9 Å². The van der Waals surface area contributed by atoms with Crippen LogP contribution in [0, 0.1) is 5.82 Å². The first-order valence-electron chi connectivity index (χ1n) is 7.38. The van der Waals surface area contributed by atoms with Crippen LogP contribution >= 0.6 is 0 Å². The van der Waals surface area contributed by atoms with Crippen LogP contribution in [-0.4, -0.2) is 52.2 Å². The lowest BCUT2D eigenvalue weighted by molar-refractivity contribution is -0.130. The number of hydrogen-bond donors (Lipinski definition) is 0. The van der Waals surface area contributed by atoms with Gasteiger partial charge in [-0.25, -0.2) is 9.07 Å². The van der Waals surface area contributed by atoms with Crippen molar-refractivity contribution in [1.29, 1.82) is 0 Å². The van der Waals surface area contributed by atoms with E-state index in [4.69, 9.17) is 0 Å². The number of carbonyl (C=O) groups excluding carboxylic acids is 1. The average molecular weight is 302 g/mol. The van der Waals surface area contributed by atoms with E-state index < -0.39 is 0 Å². The van der Waals surface area contributed by atoms with Crippen molar-refractivity contribution in [2.45, 2.75) is 13.0 Å². The van der Waals surface area contributed by atoms with Crippen LogP contribution in [0.2, 0.25) is 0 Å². The summed E-state index contributed by atoms with van der Waals surface area (Å²) < 4.78 is 14.7. The fraction of sp³-hybridized carbons (Fsp3) is 0.375. The van der Waals surface area contributed by atoms with Gasteiger partial charge in [0.2, 0.25) is 5.91 Å². The molecular weight excluding hydrogens is 283 g/mol. The van der Waals surface area contributed by atoms with Gasteiger partial charge in [0.15, 0.2) is 0 Å². The van der Waals surface area contributed by atoms with Gasteiger partial charge in [0.1, 0.15) is 5.82 Å². The van der Waals surface area contributed by atoms with Crippen LogP contribution in [0.4, 0.5) is 4.39 Å². The molecule has 0 N–H and O–H groups in total. The van der Waals surface area contributed by atoms with E-state index in [2.05, 4.69) is 10.00 Å². The molecular formula is C16H19FN4O. The quantitative estimate of drug-likeness (QED) is 0.866. The summed E-state index contributed by atoms with van der Waals surface area (Å²) in [5, 5.41) is 4.51. The monoisotopic (exact) mass is 302 g/mol.